The largest absolute Gasteiger partial charge is 0.355 e. The molecular weight excluding hydrogens is 306 g/mol. The van der Waals surface area contributed by atoms with Gasteiger partial charge < -0.3 is 10.6 Å². The van der Waals surface area contributed by atoms with Gasteiger partial charge in [0.15, 0.2) is 0 Å². The van der Waals surface area contributed by atoms with Gasteiger partial charge in [0.1, 0.15) is 6.04 Å². The lowest BCUT2D eigenvalue weighted by Gasteiger charge is -2.35. The Labute approximate surface area is 122 Å². The molecule has 0 spiro atoms. The van der Waals surface area contributed by atoms with E-state index in [9.17, 15) is 4.79 Å². The number of nitrogens with one attached hydrogen (secondary N) is 2. The van der Waals surface area contributed by atoms with Gasteiger partial charge in [0.2, 0.25) is 5.91 Å². The molecule has 1 aliphatic rings. The van der Waals surface area contributed by atoms with Gasteiger partial charge in [-0.3, -0.25) is 9.69 Å². The Hall–Kier alpha value is -0.910. The van der Waals surface area contributed by atoms with E-state index in [-0.39, 0.29) is 11.9 Å². The van der Waals surface area contributed by atoms with Crippen molar-refractivity contribution in [2.45, 2.75) is 19.5 Å². The van der Waals surface area contributed by atoms with Crippen molar-refractivity contribution in [1.29, 1.82) is 0 Å². The zero-order chi connectivity index (χ0) is 13.7. The fraction of sp³-hybridized carbons (Fsp3) is 0.500. The lowest BCUT2D eigenvalue weighted by atomic mass is 10.1. The highest BCUT2D eigenvalue weighted by atomic mass is 79.9. The first-order valence-corrected chi connectivity index (χ1v) is 7.47. The first-order valence-electron chi connectivity index (χ1n) is 6.67. The number of carbonyl (C=O) groups excluding carboxylic acids is 1. The van der Waals surface area contributed by atoms with Gasteiger partial charge in [0, 0.05) is 37.2 Å². The van der Waals surface area contributed by atoms with Crippen molar-refractivity contribution in [3.05, 3.63) is 34.3 Å². The fourth-order valence-electron chi connectivity index (χ4n) is 2.36. The zero-order valence-corrected chi connectivity index (χ0v) is 12.7. The molecule has 1 amide bonds. The molecule has 1 fully saturated rings. The maximum atomic E-state index is 12.1. The van der Waals surface area contributed by atoms with Crippen molar-refractivity contribution >= 4 is 21.8 Å². The number of hydrogen-bond donors (Lipinski definition) is 2. The van der Waals surface area contributed by atoms with E-state index in [0.717, 1.165) is 30.7 Å². The number of nitrogens with zero attached hydrogens (tertiary/aromatic N) is 1. The smallest absolute Gasteiger partial charge is 0.238 e. The summed E-state index contributed by atoms with van der Waals surface area (Å²) in [6.07, 6.45) is 0. The molecule has 2 N–H and O–H groups in total. The van der Waals surface area contributed by atoms with Crippen LogP contribution >= 0.6 is 15.9 Å². The van der Waals surface area contributed by atoms with Crippen molar-refractivity contribution in [3.8, 4) is 0 Å². The molecule has 0 saturated carbocycles. The molecule has 19 heavy (non-hydrogen) atoms. The average molecular weight is 326 g/mol. The van der Waals surface area contributed by atoms with E-state index >= 15 is 0 Å². The van der Waals surface area contributed by atoms with Crippen LogP contribution in [0.25, 0.3) is 0 Å². The van der Waals surface area contributed by atoms with Crippen LogP contribution in [-0.2, 0) is 11.3 Å². The van der Waals surface area contributed by atoms with E-state index < -0.39 is 0 Å². The van der Waals surface area contributed by atoms with Gasteiger partial charge in [0.05, 0.1) is 0 Å². The second-order valence-electron chi connectivity index (χ2n) is 4.71. The third kappa shape index (κ3) is 4.03. The third-order valence-electron chi connectivity index (χ3n) is 3.28. The molecule has 1 unspecified atom stereocenters. The Morgan fingerprint density at radius 2 is 2.42 bits per heavy atom. The SMILES string of the molecule is CCNC(=O)C1CNCCN1Cc1cccc(Br)c1. The van der Waals surface area contributed by atoms with Crippen LogP contribution < -0.4 is 10.6 Å². The maximum absolute atomic E-state index is 12.1. The molecule has 1 heterocycles. The lowest BCUT2D eigenvalue weighted by molar-refractivity contribution is -0.127. The second kappa shape index (κ2) is 7.03. The number of halogens is 1. The summed E-state index contributed by atoms with van der Waals surface area (Å²) in [5.41, 5.74) is 1.23. The molecule has 2 rings (SSSR count). The predicted octanol–water partition coefficient (Wildman–Crippen LogP) is 1.36. The van der Waals surface area contributed by atoms with Crippen LogP contribution in [0.3, 0.4) is 0 Å². The monoisotopic (exact) mass is 325 g/mol. The van der Waals surface area contributed by atoms with Gasteiger partial charge in [-0.05, 0) is 24.6 Å². The average Bonchev–Trinajstić information content (AvgIpc) is 2.39. The molecule has 1 aromatic rings. The molecule has 1 atom stereocenters. The van der Waals surface area contributed by atoms with Crippen molar-refractivity contribution in [3.63, 3.8) is 0 Å². The molecule has 0 aromatic heterocycles. The van der Waals surface area contributed by atoms with E-state index in [4.69, 9.17) is 0 Å². The molecule has 104 valence electrons. The Balaban J connectivity index is 2.05. The molecule has 5 heteroatoms. The van der Waals surface area contributed by atoms with Gasteiger partial charge >= 0.3 is 0 Å². The van der Waals surface area contributed by atoms with Crippen molar-refractivity contribution in [2.24, 2.45) is 0 Å². The minimum Gasteiger partial charge on any atom is -0.355 e. The van der Waals surface area contributed by atoms with Crippen LogP contribution in [0.5, 0.6) is 0 Å². The van der Waals surface area contributed by atoms with Crippen molar-refractivity contribution < 1.29 is 4.79 Å². The van der Waals surface area contributed by atoms with Crippen LogP contribution in [0.2, 0.25) is 0 Å². The highest BCUT2D eigenvalue weighted by Crippen LogP contribution is 2.15. The number of rotatable bonds is 4. The van der Waals surface area contributed by atoms with Crippen molar-refractivity contribution in [1.82, 2.24) is 15.5 Å². The number of piperazine rings is 1. The van der Waals surface area contributed by atoms with Crippen LogP contribution in [0.15, 0.2) is 28.7 Å². The Morgan fingerprint density at radius 1 is 1.58 bits per heavy atom. The van der Waals surface area contributed by atoms with Crippen LogP contribution in [0.1, 0.15) is 12.5 Å². The summed E-state index contributed by atoms with van der Waals surface area (Å²) in [6.45, 7) is 5.99. The zero-order valence-electron chi connectivity index (χ0n) is 11.2. The van der Waals surface area contributed by atoms with Crippen molar-refractivity contribution in [2.75, 3.05) is 26.2 Å². The van der Waals surface area contributed by atoms with Crippen LogP contribution in [0, 0.1) is 0 Å². The second-order valence-corrected chi connectivity index (χ2v) is 5.63. The Bertz CT molecular complexity index is 438. The minimum atomic E-state index is -0.0762. The Kier molecular flexibility index (Phi) is 5.36. The Morgan fingerprint density at radius 3 is 3.16 bits per heavy atom. The highest BCUT2D eigenvalue weighted by molar-refractivity contribution is 9.10. The first-order chi connectivity index (χ1) is 9.20. The van der Waals surface area contributed by atoms with Gasteiger partial charge in [-0.1, -0.05) is 28.1 Å². The summed E-state index contributed by atoms with van der Waals surface area (Å²) < 4.78 is 1.08. The van der Waals surface area contributed by atoms with E-state index in [1.807, 2.05) is 19.1 Å². The quantitative estimate of drug-likeness (QED) is 0.878. The summed E-state index contributed by atoms with van der Waals surface area (Å²) in [6, 6.07) is 8.18. The molecule has 4 nitrogen and oxygen atoms in total. The van der Waals surface area contributed by atoms with E-state index in [1.165, 1.54) is 5.56 Å². The predicted molar refractivity (Wildman–Crippen MR) is 79.9 cm³/mol. The normalized spacial score (nSPS) is 20.2. The van der Waals surface area contributed by atoms with Gasteiger partial charge in [-0.2, -0.15) is 0 Å². The summed E-state index contributed by atoms with van der Waals surface area (Å²) >= 11 is 3.49. The molecule has 1 saturated heterocycles. The number of amides is 1. The number of hydrogen-bond acceptors (Lipinski definition) is 3. The molecule has 1 aromatic carbocycles. The van der Waals surface area contributed by atoms with E-state index in [0.29, 0.717) is 6.54 Å². The minimum absolute atomic E-state index is 0.0762. The van der Waals surface area contributed by atoms with Crippen LogP contribution in [0.4, 0.5) is 0 Å². The fourth-order valence-corrected chi connectivity index (χ4v) is 2.80. The van der Waals surface area contributed by atoms with Crippen LogP contribution in [-0.4, -0.2) is 43.0 Å². The topological polar surface area (TPSA) is 44.4 Å². The van der Waals surface area contributed by atoms with E-state index in [1.54, 1.807) is 0 Å². The first kappa shape index (κ1) is 14.5. The maximum Gasteiger partial charge on any atom is 0.238 e. The van der Waals surface area contributed by atoms with Gasteiger partial charge in [-0.25, -0.2) is 0 Å². The van der Waals surface area contributed by atoms with Gasteiger partial charge in [-0.15, -0.1) is 0 Å². The summed E-state index contributed by atoms with van der Waals surface area (Å²) in [7, 11) is 0. The summed E-state index contributed by atoms with van der Waals surface area (Å²) in [5, 5.41) is 6.20. The number of benzene rings is 1. The number of likely N-dealkylation sites (N-methyl/N-ethyl adjacent to an activating group) is 1. The van der Waals surface area contributed by atoms with E-state index in [2.05, 4.69) is 43.6 Å². The summed E-state index contributed by atoms with van der Waals surface area (Å²) in [4.78, 5) is 14.3. The lowest BCUT2D eigenvalue weighted by Crippen LogP contribution is -2.57. The molecular formula is C14H20BrN3O. The molecule has 0 radical (unpaired) electrons. The summed E-state index contributed by atoms with van der Waals surface area (Å²) in [5.74, 6) is 0.115. The highest BCUT2D eigenvalue weighted by Gasteiger charge is 2.27. The molecule has 0 aliphatic carbocycles. The number of carbonyl (C=O) groups is 1. The molecule has 0 bridgehead atoms. The molecule has 1 aliphatic heterocycles. The third-order valence-corrected chi connectivity index (χ3v) is 3.78. The van der Waals surface area contributed by atoms with Gasteiger partial charge in [0.25, 0.3) is 0 Å². The standard InChI is InChI=1S/C14H20BrN3O/c1-2-17-14(19)13-9-16-6-7-18(13)10-11-4-3-5-12(15)8-11/h3-5,8,13,16H,2,6-7,9-10H2,1H3,(H,17,19).